The number of fused-ring (bicyclic) bond motifs is 7. The summed E-state index contributed by atoms with van der Waals surface area (Å²) < 4.78 is 2.64. The Balaban J connectivity index is 1.08. The number of hydrogen-bond donors (Lipinski definition) is 0. The number of anilines is 3. The number of nitrogens with zero attached hydrogens (tertiary/aromatic N) is 1. The fourth-order valence-electron chi connectivity index (χ4n) is 10.1. The average molecular weight is 794 g/mol. The number of thiophene rings is 1. The molecule has 1 nitrogen and oxygen atoms in total. The molecule has 286 valence electrons. The average Bonchev–Trinajstić information content (AvgIpc) is 3.86. The second-order valence-electron chi connectivity index (χ2n) is 16.0. The van der Waals surface area contributed by atoms with E-state index in [4.69, 9.17) is 0 Å². The minimum Gasteiger partial charge on any atom is -0.310 e. The Hall–Kier alpha value is -7.52. The van der Waals surface area contributed by atoms with Crippen LogP contribution < -0.4 is 4.90 Å². The molecular weight excluding hydrogens is 755 g/mol. The maximum Gasteiger partial charge on any atom is 0.0714 e. The van der Waals surface area contributed by atoms with Crippen LogP contribution in [-0.4, -0.2) is 0 Å². The maximum absolute atomic E-state index is 2.48. The molecule has 0 atom stereocenters. The Labute approximate surface area is 360 Å². The molecule has 12 rings (SSSR count). The van der Waals surface area contributed by atoms with E-state index < -0.39 is 5.41 Å². The maximum atomic E-state index is 2.48. The Bertz CT molecular complexity index is 3370. The summed E-state index contributed by atoms with van der Waals surface area (Å²) in [5, 5.41) is 5.12. The summed E-state index contributed by atoms with van der Waals surface area (Å²) in [7, 11) is 0. The third-order valence-corrected chi connectivity index (χ3v) is 13.9. The Morgan fingerprint density at radius 1 is 0.344 bits per heavy atom. The molecular formula is C59H39NS. The van der Waals surface area contributed by atoms with Crippen molar-refractivity contribution in [3.63, 3.8) is 0 Å². The van der Waals surface area contributed by atoms with Crippen molar-refractivity contribution in [3.8, 4) is 33.4 Å². The summed E-state index contributed by atoms with van der Waals surface area (Å²) in [4.78, 5) is 2.48. The zero-order valence-electron chi connectivity index (χ0n) is 33.4. The summed E-state index contributed by atoms with van der Waals surface area (Å²) in [5.41, 5.74) is 15.3. The molecule has 0 saturated heterocycles. The quantitative estimate of drug-likeness (QED) is 0.155. The number of hydrogen-bond acceptors (Lipinski definition) is 2. The van der Waals surface area contributed by atoms with E-state index in [0.29, 0.717) is 0 Å². The zero-order chi connectivity index (χ0) is 40.3. The largest absolute Gasteiger partial charge is 0.310 e. The van der Waals surface area contributed by atoms with Crippen LogP contribution in [0.25, 0.3) is 64.3 Å². The van der Waals surface area contributed by atoms with E-state index in [0.717, 1.165) is 17.1 Å². The normalized spacial score (nSPS) is 12.7. The van der Waals surface area contributed by atoms with Gasteiger partial charge in [0.05, 0.1) is 11.1 Å². The molecule has 0 amide bonds. The van der Waals surface area contributed by atoms with Gasteiger partial charge in [0.1, 0.15) is 0 Å². The monoisotopic (exact) mass is 793 g/mol. The van der Waals surface area contributed by atoms with Gasteiger partial charge >= 0.3 is 0 Å². The second-order valence-corrected chi connectivity index (χ2v) is 17.1. The summed E-state index contributed by atoms with van der Waals surface area (Å²) >= 11 is 1.86. The molecule has 1 heterocycles. The van der Waals surface area contributed by atoms with Crippen molar-refractivity contribution in [3.05, 3.63) is 259 Å². The Morgan fingerprint density at radius 2 is 0.951 bits per heavy atom. The molecule has 0 spiro atoms. The fraction of sp³-hybridized carbons (Fsp3) is 0.0169. The first-order valence-electron chi connectivity index (χ1n) is 21.0. The van der Waals surface area contributed by atoms with Crippen LogP contribution in [0.1, 0.15) is 22.3 Å². The van der Waals surface area contributed by atoms with Gasteiger partial charge in [-0.15, -0.1) is 11.3 Å². The Morgan fingerprint density at radius 3 is 1.77 bits per heavy atom. The summed E-state index contributed by atoms with van der Waals surface area (Å²) in [6.07, 6.45) is 0. The number of rotatable bonds is 7. The molecule has 0 aliphatic heterocycles. The highest BCUT2D eigenvalue weighted by molar-refractivity contribution is 7.25. The molecule has 1 aliphatic rings. The van der Waals surface area contributed by atoms with Gasteiger partial charge in [0.25, 0.3) is 0 Å². The molecule has 1 aromatic heterocycles. The molecule has 11 aromatic rings. The predicted octanol–water partition coefficient (Wildman–Crippen LogP) is 16.4. The van der Waals surface area contributed by atoms with E-state index in [1.807, 2.05) is 11.3 Å². The topological polar surface area (TPSA) is 3.24 Å². The van der Waals surface area contributed by atoms with E-state index in [1.54, 1.807) is 0 Å². The van der Waals surface area contributed by atoms with Crippen molar-refractivity contribution in [2.24, 2.45) is 0 Å². The minimum atomic E-state index is -0.505. The molecule has 0 fully saturated rings. The fourth-order valence-corrected chi connectivity index (χ4v) is 11.2. The Kier molecular flexibility index (Phi) is 8.33. The standard InChI is InChI=1S/C59H39NS/c1-3-19-44(20-4-1)59(45-21-5-2-6-22-45)53-28-11-9-26-51(53)58-54(59)29-15-30-55(58)60(47-23-13-18-43(38-47)49-27-14-17-41-16-7-8-24-48(41)49)46-35-32-40(33-36-46)42-34-37-57-52(39-42)50-25-10-12-31-56(50)61-57/h1-39H. The zero-order valence-corrected chi connectivity index (χ0v) is 34.2. The molecule has 0 unspecified atom stereocenters. The van der Waals surface area contributed by atoms with E-state index in [-0.39, 0.29) is 0 Å². The van der Waals surface area contributed by atoms with Crippen molar-refractivity contribution < 1.29 is 0 Å². The van der Waals surface area contributed by atoms with Crippen LogP contribution in [0.2, 0.25) is 0 Å². The molecule has 61 heavy (non-hydrogen) atoms. The highest BCUT2D eigenvalue weighted by Crippen LogP contribution is 2.59. The van der Waals surface area contributed by atoms with Crippen molar-refractivity contribution in [2.75, 3.05) is 4.90 Å². The van der Waals surface area contributed by atoms with Crippen LogP contribution in [0.5, 0.6) is 0 Å². The smallest absolute Gasteiger partial charge is 0.0714 e. The third kappa shape index (κ3) is 5.60. The molecule has 0 radical (unpaired) electrons. The molecule has 1 aliphatic carbocycles. The van der Waals surface area contributed by atoms with E-state index in [2.05, 4.69) is 241 Å². The first kappa shape index (κ1) is 35.4. The van der Waals surface area contributed by atoms with E-state index in [1.165, 1.54) is 86.6 Å². The van der Waals surface area contributed by atoms with Gasteiger partial charge in [0.2, 0.25) is 0 Å². The summed E-state index contributed by atoms with van der Waals surface area (Å²) in [6.45, 7) is 0. The first-order chi connectivity index (χ1) is 30.3. The van der Waals surface area contributed by atoms with Crippen molar-refractivity contribution in [1.82, 2.24) is 0 Å². The van der Waals surface area contributed by atoms with Gasteiger partial charge in [-0.2, -0.15) is 0 Å². The van der Waals surface area contributed by atoms with Gasteiger partial charge in [0.15, 0.2) is 0 Å². The second kappa shape index (κ2) is 14.3. The van der Waals surface area contributed by atoms with Gasteiger partial charge in [-0.05, 0) is 109 Å². The lowest BCUT2D eigenvalue weighted by Gasteiger charge is -2.34. The number of benzene rings is 10. The van der Waals surface area contributed by atoms with E-state index in [9.17, 15) is 0 Å². The first-order valence-corrected chi connectivity index (χ1v) is 21.8. The third-order valence-electron chi connectivity index (χ3n) is 12.7. The highest BCUT2D eigenvalue weighted by Gasteiger charge is 2.47. The molecule has 0 bridgehead atoms. The van der Waals surface area contributed by atoms with Gasteiger partial charge in [-0.25, -0.2) is 0 Å². The lowest BCUT2D eigenvalue weighted by Crippen LogP contribution is -2.28. The van der Waals surface area contributed by atoms with Crippen molar-refractivity contribution in [1.29, 1.82) is 0 Å². The van der Waals surface area contributed by atoms with Gasteiger partial charge in [0, 0.05) is 37.1 Å². The van der Waals surface area contributed by atoms with Crippen LogP contribution in [-0.2, 0) is 5.41 Å². The molecule has 10 aromatic carbocycles. The minimum absolute atomic E-state index is 0.505. The van der Waals surface area contributed by atoms with Crippen molar-refractivity contribution >= 4 is 59.3 Å². The highest BCUT2D eigenvalue weighted by atomic mass is 32.1. The van der Waals surface area contributed by atoms with Gasteiger partial charge in [-0.1, -0.05) is 188 Å². The van der Waals surface area contributed by atoms with Crippen LogP contribution in [0, 0.1) is 0 Å². The summed E-state index contributed by atoms with van der Waals surface area (Å²) in [6, 6.07) is 87.4. The van der Waals surface area contributed by atoms with E-state index >= 15 is 0 Å². The van der Waals surface area contributed by atoms with Crippen molar-refractivity contribution in [2.45, 2.75) is 5.41 Å². The summed E-state index contributed by atoms with van der Waals surface area (Å²) in [5.74, 6) is 0. The lowest BCUT2D eigenvalue weighted by molar-refractivity contribution is 0.768. The molecule has 2 heteroatoms. The molecule has 0 saturated carbocycles. The lowest BCUT2D eigenvalue weighted by atomic mass is 9.68. The van der Waals surface area contributed by atoms with Gasteiger partial charge in [-0.3, -0.25) is 0 Å². The van der Waals surface area contributed by atoms with Crippen LogP contribution in [0.15, 0.2) is 237 Å². The van der Waals surface area contributed by atoms with Crippen LogP contribution in [0.3, 0.4) is 0 Å². The predicted molar refractivity (Wildman–Crippen MR) is 260 cm³/mol. The molecule has 0 N–H and O–H groups in total. The van der Waals surface area contributed by atoms with Crippen LogP contribution in [0.4, 0.5) is 17.1 Å². The van der Waals surface area contributed by atoms with Gasteiger partial charge < -0.3 is 4.90 Å². The SMILES string of the molecule is c1ccc(C2(c3ccccc3)c3ccccc3-c3c(N(c4ccc(-c5ccc6sc7ccccc7c6c5)cc4)c4cccc(-c5cccc6ccccc56)c4)cccc32)cc1. The van der Waals surface area contributed by atoms with Crippen LogP contribution >= 0.6 is 11.3 Å².